The SMILES string of the molecule is O=[N+]([O-])c1cccc([CH]CCCl)c1. The first kappa shape index (κ1) is 9.99. The normalized spacial score (nSPS) is 9.92. The number of rotatable bonds is 4. The van der Waals surface area contributed by atoms with Crippen LogP contribution in [0.1, 0.15) is 12.0 Å². The summed E-state index contributed by atoms with van der Waals surface area (Å²) in [6.07, 6.45) is 2.60. The Morgan fingerprint density at radius 2 is 2.31 bits per heavy atom. The largest absolute Gasteiger partial charge is 0.269 e. The Balaban J connectivity index is 2.73. The molecule has 0 N–H and O–H groups in total. The molecule has 0 atom stereocenters. The maximum Gasteiger partial charge on any atom is 0.269 e. The molecule has 0 aliphatic rings. The topological polar surface area (TPSA) is 43.1 Å². The summed E-state index contributed by atoms with van der Waals surface area (Å²) < 4.78 is 0. The van der Waals surface area contributed by atoms with Crippen LogP contribution in [-0.4, -0.2) is 10.8 Å². The van der Waals surface area contributed by atoms with Crippen molar-refractivity contribution in [3.8, 4) is 0 Å². The summed E-state index contributed by atoms with van der Waals surface area (Å²) in [6, 6.07) is 6.49. The number of halogens is 1. The zero-order valence-electron chi connectivity index (χ0n) is 6.94. The lowest BCUT2D eigenvalue weighted by Crippen LogP contribution is -1.89. The van der Waals surface area contributed by atoms with Crippen LogP contribution < -0.4 is 0 Å². The van der Waals surface area contributed by atoms with Crippen molar-refractivity contribution in [1.29, 1.82) is 0 Å². The van der Waals surface area contributed by atoms with Gasteiger partial charge in [-0.3, -0.25) is 10.1 Å². The second kappa shape index (κ2) is 4.82. The Kier molecular flexibility index (Phi) is 3.71. The molecule has 69 valence electrons. The van der Waals surface area contributed by atoms with Crippen LogP contribution >= 0.6 is 11.6 Å². The first-order valence-electron chi connectivity index (χ1n) is 3.87. The molecular weight excluding hydrogens is 190 g/mol. The Morgan fingerprint density at radius 3 is 2.92 bits per heavy atom. The minimum atomic E-state index is -0.405. The number of alkyl halides is 1. The molecule has 1 aromatic carbocycles. The first-order chi connectivity index (χ1) is 6.24. The van der Waals surface area contributed by atoms with Crippen LogP contribution in [0.5, 0.6) is 0 Å². The zero-order valence-corrected chi connectivity index (χ0v) is 7.70. The van der Waals surface area contributed by atoms with E-state index < -0.39 is 4.92 Å². The van der Waals surface area contributed by atoms with Gasteiger partial charge in [-0.2, -0.15) is 0 Å². The average molecular weight is 199 g/mol. The summed E-state index contributed by atoms with van der Waals surface area (Å²) >= 11 is 5.49. The lowest BCUT2D eigenvalue weighted by Gasteiger charge is -1.97. The van der Waals surface area contributed by atoms with Crippen molar-refractivity contribution >= 4 is 17.3 Å². The van der Waals surface area contributed by atoms with Crippen LogP contribution in [-0.2, 0) is 0 Å². The summed E-state index contributed by atoms with van der Waals surface area (Å²) in [5.74, 6) is 0.530. The molecule has 1 aromatic rings. The average Bonchev–Trinajstić information content (AvgIpc) is 2.15. The summed E-state index contributed by atoms with van der Waals surface area (Å²) in [5.41, 5.74) is 0.957. The minimum Gasteiger partial charge on any atom is -0.258 e. The van der Waals surface area contributed by atoms with Crippen molar-refractivity contribution in [3.63, 3.8) is 0 Å². The van der Waals surface area contributed by atoms with E-state index in [-0.39, 0.29) is 5.69 Å². The van der Waals surface area contributed by atoms with Gasteiger partial charge >= 0.3 is 0 Å². The smallest absolute Gasteiger partial charge is 0.258 e. The van der Waals surface area contributed by atoms with Gasteiger partial charge in [-0.15, -0.1) is 11.6 Å². The van der Waals surface area contributed by atoms with Crippen LogP contribution in [0.2, 0.25) is 0 Å². The summed E-state index contributed by atoms with van der Waals surface area (Å²) in [4.78, 5) is 9.99. The molecule has 13 heavy (non-hydrogen) atoms. The predicted molar refractivity (Wildman–Crippen MR) is 51.8 cm³/mol. The van der Waals surface area contributed by atoms with Crippen molar-refractivity contribution in [1.82, 2.24) is 0 Å². The quantitative estimate of drug-likeness (QED) is 0.424. The highest BCUT2D eigenvalue weighted by Gasteiger charge is 2.04. The van der Waals surface area contributed by atoms with E-state index in [0.29, 0.717) is 5.88 Å². The third kappa shape index (κ3) is 3.03. The van der Waals surface area contributed by atoms with E-state index in [1.165, 1.54) is 12.1 Å². The van der Waals surface area contributed by atoms with Crippen molar-refractivity contribution in [3.05, 3.63) is 46.4 Å². The highest BCUT2D eigenvalue weighted by molar-refractivity contribution is 6.17. The fraction of sp³-hybridized carbons (Fsp3) is 0.222. The van der Waals surface area contributed by atoms with Gasteiger partial charge in [-0.1, -0.05) is 12.1 Å². The summed E-state index contributed by atoms with van der Waals surface area (Å²) in [6.45, 7) is 0. The van der Waals surface area contributed by atoms with E-state index in [0.717, 1.165) is 12.0 Å². The maximum absolute atomic E-state index is 10.4. The molecule has 0 aliphatic carbocycles. The maximum atomic E-state index is 10.4. The van der Waals surface area contributed by atoms with Crippen LogP contribution in [0, 0.1) is 16.5 Å². The Bertz CT molecular complexity index is 301. The van der Waals surface area contributed by atoms with Gasteiger partial charge in [0.05, 0.1) is 4.92 Å². The third-order valence-corrected chi connectivity index (χ3v) is 1.79. The van der Waals surface area contributed by atoms with Gasteiger partial charge in [0.1, 0.15) is 0 Å². The predicted octanol–water partition coefficient (Wildman–Crippen LogP) is 2.78. The van der Waals surface area contributed by atoms with Crippen LogP contribution in [0.25, 0.3) is 0 Å². The van der Waals surface area contributed by atoms with Gasteiger partial charge in [0, 0.05) is 18.0 Å². The van der Waals surface area contributed by atoms with E-state index in [1.807, 2.05) is 12.5 Å². The van der Waals surface area contributed by atoms with Crippen molar-refractivity contribution in [2.75, 3.05) is 5.88 Å². The van der Waals surface area contributed by atoms with Gasteiger partial charge in [0.15, 0.2) is 0 Å². The highest BCUT2D eigenvalue weighted by atomic mass is 35.5. The monoisotopic (exact) mass is 198 g/mol. The van der Waals surface area contributed by atoms with Gasteiger partial charge in [-0.05, 0) is 18.4 Å². The van der Waals surface area contributed by atoms with Crippen molar-refractivity contribution < 1.29 is 4.92 Å². The molecule has 1 radical (unpaired) electrons. The van der Waals surface area contributed by atoms with Crippen molar-refractivity contribution in [2.24, 2.45) is 0 Å². The molecular formula is C9H9ClNO2. The highest BCUT2D eigenvalue weighted by Crippen LogP contribution is 2.15. The molecule has 0 saturated carbocycles. The molecule has 0 aromatic heterocycles. The first-order valence-corrected chi connectivity index (χ1v) is 4.41. The molecule has 0 spiro atoms. The number of benzene rings is 1. The summed E-state index contributed by atoms with van der Waals surface area (Å²) in [7, 11) is 0. The Labute approximate surface area is 81.5 Å². The molecule has 0 saturated heterocycles. The van der Waals surface area contributed by atoms with Gasteiger partial charge in [0.2, 0.25) is 0 Å². The fourth-order valence-corrected chi connectivity index (χ4v) is 1.10. The molecule has 0 fully saturated rings. The van der Waals surface area contributed by atoms with E-state index in [9.17, 15) is 10.1 Å². The molecule has 0 aliphatic heterocycles. The molecule has 1 rings (SSSR count). The van der Waals surface area contributed by atoms with E-state index in [4.69, 9.17) is 11.6 Å². The standard InChI is InChI=1S/C9H9ClNO2/c10-6-2-4-8-3-1-5-9(7-8)11(12)13/h1,3-5,7H,2,6H2. The van der Waals surface area contributed by atoms with E-state index in [2.05, 4.69) is 0 Å². The second-order valence-electron chi connectivity index (χ2n) is 2.53. The van der Waals surface area contributed by atoms with Gasteiger partial charge in [0.25, 0.3) is 5.69 Å². The van der Waals surface area contributed by atoms with Crippen LogP contribution in [0.3, 0.4) is 0 Å². The van der Waals surface area contributed by atoms with Crippen LogP contribution in [0.15, 0.2) is 24.3 Å². The lowest BCUT2D eigenvalue weighted by molar-refractivity contribution is -0.384. The second-order valence-corrected chi connectivity index (χ2v) is 2.91. The van der Waals surface area contributed by atoms with Crippen LogP contribution in [0.4, 0.5) is 5.69 Å². The minimum absolute atomic E-state index is 0.114. The number of hydrogen-bond donors (Lipinski definition) is 0. The van der Waals surface area contributed by atoms with E-state index in [1.54, 1.807) is 6.07 Å². The number of nitro benzene ring substituents is 1. The van der Waals surface area contributed by atoms with Gasteiger partial charge < -0.3 is 0 Å². The number of non-ortho nitro benzene ring substituents is 1. The van der Waals surface area contributed by atoms with Gasteiger partial charge in [-0.25, -0.2) is 0 Å². The fourth-order valence-electron chi connectivity index (χ4n) is 0.987. The third-order valence-electron chi connectivity index (χ3n) is 1.57. The number of hydrogen-bond acceptors (Lipinski definition) is 2. The molecule has 3 nitrogen and oxygen atoms in total. The molecule has 0 unspecified atom stereocenters. The van der Waals surface area contributed by atoms with Crippen molar-refractivity contribution in [2.45, 2.75) is 6.42 Å². The molecule has 0 bridgehead atoms. The number of nitrogens with zero attached hydrogens (tertiary/aromatic N) is 1. The summed E-state index contributed by atoms with van der Waals surface area (Å²) in [5, 5.41) is 10.4. The Hall–Kier alpha value is -1.09. The molecule has 4 heteroatoms. The molecule has 0 amide bonds. The molecule has 0 heterocycles. The Morgan fingerprint density at radius 1 is 1.54 bits per heavy atom. The zero-order chi connectivity index (χ0) is 9.68. The lowest BCUT2D eigenvalue weighted by atomic mass is 10.1. The number of nitro groups is 1. The van der Waals surface area contributed by atoms with E-state index >= 15 is 0 Å².